The third kappa shape index (κ3) is 9.24. The van der Waals surface area contributed by atoms with Crippen LogP contribution in [-0.4, -0.2) is 18.4 Å². The zero-order chi connectivity index (χ0) is 16.9. The molecule has 5 heteroatoms. The van der Waals surface area contributed by atoms with Crippen LogP contribution in [0.25, 0.3) is 0 Å². The van der Waals surface area contributed by atoms with Crippen LogP contribution in [0, 0.1) is 0 Å². The number of unbranched alkanes of at least 4 members (excludes halogenated alkanes) is 7. The number of hydrogen-bond acceptors (Lipinski definition) is 2. The Bertz CT molecular complexity index is 492. The predicted molar refractivity (Wildman–Crippen MR) is 95.7 cm³/mol. The smallest absolute Gasteiger partial charge is 0.313 e. The summed E-state index contributed by atoms with van der Waals surface area (Å²) in [5.41, 5.74) is 0.518. The molecule has 4 nitrogen and oxygen atoms in total. The van der Waals surface area contributed by atoms with Crippen molar-refractivity contribution in [1.29, 1.82) is 0 Å². The average molecular weight is 339 g/mol. The predicted octanol–water partition coefficient (Wildman–Crippen LogP) is 4.54. The molecule has 0 heterocycles. The minimum Gasteiger partial charge on any atom is -0.348 e. The van der Waals surface area contributed by atoms with Crippen molar-refractivity contribution in [2.24, 2.45) is 0 Å². The SMILES string of the molecule is CCCCCCCCCCNC(=O)C(=O)Nc1cccc(Cl)c1. The lowest BCUT2D eigenvalue weighted by molar-refractivity contribution is -0.136. The molecule has 1 aromatic carbocycles. The van der Waals surface area contributed by atoms with E-state index in [1.54, 1.807) is 24.3 Å². The summed E-state index contributed by atoms with van der Waals surface area (Å²) in [4.78, 5) is 23.4. The molecule has 1 rings (SSSR count). The Hall–Kier alpha value is -1.55. The number of carbonyl (C=O) groups excluding carboxylic acids is 2. The summed E-state index contributed by atoms with van der Waals surface area (Å²) < 4.78 is 0. The summed E-state index contributed by atoms with van der Waals surface area (Å²) in [6, 6.07) is 6.72. The van der Waals surface area contributed by atoms with Gasteiger partial charge in [0.1, 0.15) is 0 Å². The van der Waals surface area contributed by atoms with E-state index in [-0.39, 0.29) is 0 Å². The molecule has 0 aliphatic carbocycles. The van der Waals surface area contributed by atoms with Crippen LogP contribution >= 0.6 is 11.6 Å². The molecule has 0 saturated carbocycles. The Kier molecular flexibility index (Phi) is 10.1. The molecular weight excluding hydrogens is 312 g/mol. The van der Waals surface area contributed by atoms with Crippen LogP contribution in [0.3, 0.4) is 0 Å². The first-order valence-electron chi connectivity index (χ1n) is 8.48. The van der Waals surface area contributed by atoms with Crippen molar-refractivity contribution in [2.45, 2.75) is 58.3 Å². The highest BCUT2D eigenvalue weighted by Gasteiger charge is 2.12. The second-order valence-corrected chi connectivity index (χ2v) is 6.13. The number of hydrogen-bond donors (Lipinski definition) is 2. The Morgan fingerprint density at radius 3 is 2.26 bits per heavy atom. The standard InChI is InChI=1S/C18H27ClN2O2/c1-2-3-4-5-6-7-8-9-13-20-17(22)18(23)21-16-12-10-11-15(19)14-16/h10-12,14H,2-9,13H2,1H3,(H,20,22)(H,21,23). The highest BCUT2D eigenvalue weighted by atomic mass is 35.5. The molecule has 2 N–H and O–H groups in total. The molecule has 0 spiro atoms. The molecule has 0 aliphatic heterocycles. The number of anilines is 1. The number of nitrogens with one attached hydrogen (secondary N) is 2. The van der Waals surface area contributed by atoms with Gasteiger partial charge in [-0.1, -0.05) is 69.5 Å². The van der Waals surface area contributed by atoms with Gasteiger partial charge in [-0.05, 0) is 24.6 Å². The minimum absolute atomic E-state index is 0.516. The molecule has 0 atom stereocenters. The van der Waals surface area contributed by atoms with E-state index in [0.29, 0.717) is 17.3 Å². The molecule has 2 amide bonds. The van der Waals surface area contributed by atoms with Gasteiger partial charge in [0.2, 0.25) is 0 Å². The largest absolute Gasteiger partial charge is 0.348 e. The number of benzene rings is 1. The first-order chi connectivity index (χ1) is 11.1. The Balaban J connectivity index is 2.08. The van der Waals surface area contributed by atoms with Crippen molar-refractivity contribution >= 4 is 29.1 Å². The summed E-state index contributed by atoms with van der Waals surface area (Å²) in [6.07, 6.45) is 9.63. The van der Waals surface area contributed by atoms with E-state index in [2.05, 4.69) is 17.6 Å². The summed E-state index contributed by atoms with van der Waals surface area (Å²) in [6.45, 7) is 2.75. The Morgan fingerprint density at radius 2 is 1.61 bits per heavy atom. The van der Waals surface area contributed by atoms with E-state index in [0.717, 1.165) is 12.8 Å². The van der Waals surface area contributed by atoms with Crippen molar-refractivity contribution < 1.29 is 9.59 Å². The van der Waals surface area contributed by atoms with Gasteiger partial charge in [0.05, 0.1) is 0 Å². The molecular formula is C18H27ClN2O2. The Morgan fingerprint density at radius 1 is 0.957 bits per heavy atom. The zero-order valence-electron chi connectivity index (χ0n) is 13.9. The van der Waals surface area contributed by atoms with Crippen molar-refractivity contribution in [3.8, 4) is 0 Å². The molecule has 0 fully saturated rings. The molecule has 0 radical (unpaired) electrons. The van der Waals surface area contributed by atoms with Gasteiger partial charge in [-0.15, -0.1) is 0 Å². The van der Waals surface area contributed by atoms with Gasteiger partial charge in [-0.3, -0.25) is 9.59 Å². The summed E-state index contributed by atoms with van der Waals surface area (Å²) in [7, 11) is 0. The van der Waals surface area contributed by atoms with E-state index in [9.17, 15) is 9.59 Å². The highest BCUT2D eigenvalue weighted by molar-refractivity contribution is 6.39. The van der Waals surface area contributed by atoms with E-state index in [1.807, 2.05) is 0 Å². The number of amides is 2. The van der Waals surface area contributed by atoms with E-state index >= 15 is 0 Å². The van der Waals surface area contributed by atoms with Crippen LogP contribution in [0.4, 0.5) is 5.69 Å². The maximum absolute atomic E-state index is 11.7. The van der Waals surface area contributed by atoms with Crippen LogP contribution in [0.2, 0.25) is 5.02 Å². The van der Waals surface area contributed by atoms with Crippen LogP contribution in [0.5, 0.6) is 0 Å². The lowest BCUT2D eigenvalue weighted by atomic mass is 10.1. The second kappa shape index (κ2) is 11.9. The van der Waals surface area contributed by atoms with Crippen LogP contribution in [0.1, 0.15) is 58.3 Å². The van der Waals surface area contributed by atoms with Crippen molar-refractivity contribution in [1.82, 2.24) is 5.32 Å². The van der Waals surface area contributed by atoms with Gasteiger partial charge >= 0.3 is 11.8 Å². The van der Waals surface area contributed by atoms with E-state index in [4.69, 9.17) is 11.6 Å². The summed E-state index contributed by atoms with van der Waals surface area (Å²) in [5.74, 6) is -1.26. The molecule has 1 aromatic rings. The third-order valence-corrected chi connectivity index (χ3v) is 3.84. The van der Waals surface area contributed by atoms with Gasteiger partial charge in [0.25, 0.3) is 0 Å². The molecule has 0 aliphatic rings. The molecule has 0 aromatic heterocycles. The van der Waals surface area contributed by atoms with Gasteiger partial charge in [-0.25, -0.2) is 0 Å². The fourth-order valence-corrected chi connectivity index (χ4v) is 2.49. The molecule has 23 heavy (non-hydrogen) atoms. The van der Waals surface area contributed by atoms with Crippen molar-refractivity contribution in [2.75, 3.05) is 11.9 Å². The topological polar surface area (TPSA) is 58.2 Å². The molecule has 0 saturated heterocycles. The van der Waals surface area contributed by atoms with Crippen LogP contribution < -0.4 is 10.6 Å². The lowest BCUT2D eigenvalue weighted by Gasteiger charge is -2.07. The second-order valence-electron chi connectivity index (χ2n) is 5.70. The van der Waals surface area contributed by atoms with Crippen LogP contribution in [-0.2, 0) is 9.59 Å². The normalized spacial score (nSPS) is 10.3. The van der Waals surface area contributed by atoms with Crippen molar-refractivity contribution in [3.63, 3.8) is 0 Å². The Labute approximate surface area is 144 Å². The highest BCUT2D eigenvalue weighted by Crippen LogP contribution is 2.14. The fourth-order valence-electron chi connectivity index (χ4n) is 2.30. The van der Waals surface area contributed by atoms with E-state index < -0.39 is 11.8 Å². The van der Waals surface area contributed by atoms with Crippen LogP contribution in [0.15, 0.2) is 24.3 Å². The quantitative estimate of drug-likeness (QED) is 0.486. The summed E-state index contributed by atoms with van der Waals surface area (Å²) >= 11 is 5.83. The zero-order valence-corrected chi connectivity index (χ0v) is 14.6. The summed E-state index contributed by atoms with van der Waals surface area (Å²) in [5, 5.41) is 5.69. The van der Waals surface area contributed by atoms with E-state index in [1.165, 1.54) is 38.5 Å². The first kappa shape index (κ1) is 19.5. The maximum Gasteiger partial charge on any atom is 0.313 e. The molecule has 0 unspecified atom stereocenters. The van der Waals surface area contributed by atoms with Gasteiger partial charge in [0, 0.05) is 17.3 Å². The molecule has 128 valence electrons. The first-order valence-corrected chi connectivity index (χ1v) is 8.86. The lowest BCUT2D eigenvalue weighted by Crippen LogP contribution is -2.35. The average Bonchev–Trinajstić information content (AvgIpc) is 2.53. The van der Waals surface area contributed by atoms with Gasteiger partial charge < -0.3 is 10.6 Å². The monoisotopic (exact) mass is 338 g/mol. The van der Waals surface area contributed by atoms with Crippen molar-refractivity contribution in [3.05, 3.63) is 29.3 Å². The third-order valence-electron chi connectivity index (χ3n) is 3.60. The number of halogens is 1. The number of rotatable bonds is 10. The molecule has 0 bridgehead atoms. The van der Waals surface area contributed by atoms with Gasteiger partial charge in [0.15, 0.2) is 0 Å². The maximum atomic E-state index is 11.7. The fraction of sp³-hybridized carbons (Fsp3) is 0.556. The minimum atomic E-state index is -0.660. The van der Waals surface area contributed by atoms with Gasteiger partial charge in [-0.2, -0.15) is 0 Å². The number of carbonyl (C=O) groups is 2.